The van der Waals surface area contributed by atoms with Gasteiger partial charge in [0.15, 0.2) is 0 Å². The highest BCUT2D eigenvalue weighted by molar-refractivity contribution is 7.91. The number of likely N-dealkylation sites (tertiary alicyclic amines) is 1. The van der Waals surface area contributed by atoms with Crippen LogP contribution in [0.3, 0.4) is 0 Å². The van der Waals surface area contributed by atoms with Crippen LogP contribution in [0, 0.1) is 5.92 Å². The van der Waals surface area contributed by atoms with E-state index in [1.54, 1.807) is 32.2 Å². The SMILES string of the molecule is CN(CC(=O)N1CCCC(C(=O)NCCNC(=O)OC(C)(C)C)C1)S(=O)(=O)c1cccs1. The summed E-state index contributed by atoms with van der Waals surface area (Å²) in [5.41, 5.74) is -0.595. The lowest BCUT2D eigenvalue weighted by Gasteiger charge is -2.33. The summed E-state index contributed by atoms with van der Waals surface area (Å²) < 4.78 is 31.4. The summed E-state index contributed by atoms with van der Waals surface area (Å²) in [6.07, 6.45) is 0.739. The maximum Gasteiger partial charge on any atom is 0.407 e. The first kappa shape index (κ1) is 26.1. The van der Waals surface area contributed by atoms with Crippen LogP contribution in [-0.2, 0) is 24.3 Å². The molecule has 10 nitrogen and oxygen atoms in total. The molecular weight excluding hydrogens is 456 g/mol. The smallest absolute Gasteiger partial charge is 0.407 e. The summed E-state index contributed by atoms with van der Waals surface area (Å²) >= 11 is 1.10. The zero-order valence-electron chi connectivity index (χ0n) is 18.9. The van der Waals surface area contributed by atoms with Crippen LogP contribution >= 0.6 is 11.3 Å². The van der Waals surface area contributed by atoms with Crippen molar-refractivity contribution in [2.75, 3.05) is 39.8 Å². The second-order valence-corrected chi connectivity index (χ2v) is 11.8. The predicted octanol–water partition coefficient (Wildman–Crippen LogP) is 1.25. The number of carbonyl (C=O) groups excluding carboxylic acids is 3. The monoisotopic (exact) mass is 488 g/mol. The van der Waals surface area contributed by atoms with Crippen molar-refractivity contribution >= 4 is 39.3 Å². The van der Waals surface area contributed by atoms with Crippen molar-refractivity contribution in [3.63, 3.8) is 0 Å². The van der Waals surface area contributed by atoms with Crippen molar-refractivity contribution < 1.29 is 27.5 Å². The first-order valence-electron chi connectivity index (χ1n) is 10.4. The van der Waals surface area contributed by atoms with Crippen LogP contribution in [0.5, 0.6) is 0 Å². The van der Waals surface area contributed by atoms with E-state index in [4.69, 9.17) is 4.74 Å². The molecule has 0 aromatic carbocycles. The molecule has 0 bridgehead atoms. The van der Waals surface area contributed by atoms with Gasteiger partial charge in [-0.1, -0.05) is 6.07 Å². The van der Waals surface area contributed by atoms with Gasteiger partial charge in [-0.3, -0.25) is 9.59 Å². The summed E-state index contributed by atoms with van der Waals surface area (Å²) in [5.74, 6) is -0.918. The fourth-order valence-corrected chi connectivity index (χ4v) is 5.49. The van der Waals surface area contributed by atoms with Gasteiger partial charge >= 0.3 is 6.09 Å². The van der Waals surface area contributed by atoms with E-state index in [0.29, 0.717) is 19.4 Å². The Hall–Kier alpha value is -2.18. The molecule has 3 amide bonds. The number of hydrogen-bond donors (Lipinski definition) is 2. The second kappa shape index (κ2) is 11.1. The number of likely N-dealkylation sites (N-methyl/N-ethyl adjacent to an activating group) is 1. The normalized spacial score (nSPS) is 17.2. The molecule has 1 aromatic rings. The third-order valence-electron chi connectivity index (χ3n) is 4.75. The van der Waals surface area contributed by atoms with Crippen molar-refractivity contribution in [1.29, 1.82) is 0 Å². The number of amides is 3. The molecule has 2 rings (SSSR count). The molecule has 2 N–H and O–H groups in total. The molecule has 0 aliphatic carbocycles. The molecule has 2 heterocycles. The van der Waals surface area contributed by atoms with Crippen LogP contribution in [0.15, 0.2) is 21.7 Å². The molecule has 1 aliphatic heterocycles. The molecule has 32 heavy (non-hydrogen) atoms. The minimum absolute atomic E-state index is 0.184. The molecule has 1 unspecified atom stereocenters. The van der Waals surface area contributed by atoms with Gasteiger partial charge in [0.25, 0.3) is 10.0 Å². The lowest BCUT2D eigenvalue weighted by molar-refractivity contribution is -0.135. The number of nitrogens with one attached hydrogen (secondary N) is 2. The number of nitrogens with zero attached hydrogens (tertiary/aromatic N) is 2. The number of alkyl carbamates (subject to hydrolysis) is 1. The Morgan fingerprint density at radius 3 is 2.56 bits per heavy atom. The maximum absolute atomic E-state index is 12.7. The Balaban J connectivity index is 1.79. The summed E-state index contributed by atoms with van der Waals surface area (Å²) in [6.45, 7) is 6.19. The Kier molecular flexibility index (Phi) is 9.05. The summed E-state index contributed by atoms with van der Waals surface area (Å²) in [4.78, 5) is 38.3. The van der Waals surface area contributed by atoms with Gasteiger partial charge in [-0.2, -0.15) is 4.31 Å². The number of rotatable bonds is 8. The van der Waals surface area contributed by atoms with Crippen molar-refractivity contribution in [1.82, 2.24) is 19.8 Å². The standard InChI is InChI=1S/C20H32N4O6S2/c1-20(2,3)30-19(27)22-10-9-21-18(26)15-7-5-11-24(13-15)16(25)14-23(4)32(28,29)17-8-6-12-31-17/h6,8,12,15H,5,7,9-11,13-14H2,1-4H3,(H,21,26)(H,22,27). The minimum atomic E-state index is -3.71. The Morgan fingerprint density at radius 1 is 1.25 bits per heavy atom. The van der Waals surface area contributed by atoms with Crippen LogP contribution in [0.1, 0.15) is 33.6 Å². The van der Waals surface area contributed by atoms with Crippen molar-refractivity contribution in [3.8, 4) is 0 Å². The molecule has 0 radical (unpaired) electrons. The van der Waals surface area contributed by atoms with Gasteiger partial charge in [0.2, 0.25) is 11.8 Å². The second-order valence-electron chi connectivity index (χ2n) is 8.59. The van der Waals surface area contributed by atoms with Gasteiger partial charge < -0.3 is 20.3 Å². The molecule has 180 valence electrons. The molecular formula is C20H32N4O6S2. The van der Waals surface area contributed by atoms with Crippen LogP contribution < -0.4 is 10.6 Å². The Labute approximate surface area is 193 Å². The molecule has 1 aliphatic rings. The fraction of sp³-hybridized carbons (Fsp3) is 0.650. The van der Waals surface area contributed by atoms with Crippen molar-refractivity contribution in [2.24, 2.45) is 5.92 Å². The van der Waals surface area contributed by atoms with E-state index in [1.807, 2.05) is 0 Å². The third kappa shape index (κ3) is 7.75. The predicted molar refractivity (Wildman–Crippen MR) is 121 cm³/mol. The molecule has 1 aromatic heterocycles. The average molecular weight is 489 g/mol. The number of ether oxygens (including phenoxy) is 1. The number of carbonyl (C=O) groups is 3. The lowest BCUT2D eigenvalue weighted by atomic mass is 9.97. The van der Waals surface area contributed by atoms with E-state index >= 15 is 0 Å². The minimum Gasteiger partial charge on any atom is -0.444 e. The van der Waals surface area contributed by atoms with Crippen molar-refractivity contribution in [3.05, 3.63) is 17.5 Å². The summed E-state index contributed by atoms with van der Waals surface area (Å²) in [5, 5.41) is 7.00. The van der Waals surface area contributed by atoms with Gasteiger partial charge in [-0.25, -0.2) is 13.2 Å². The number of piperidine rings is 1. The van der Waals surface area contributed by atoms with Gasteiger partial charge in [0.1, 0.15) is 9.81 Å². The van der Waals surface area contributed by atoms with Crippen molar-refractivity contribution in [2.45, 2.75) is 43.4 Å². The lowest BCUT2D eigenvalue weighted by Crippen LogP contribution is -2.49. The molecule has 12 heteroatoms. The number of sulfonamides is 1. The summed E-state index contributed by atoms with van der Waals surface area (Å²) in [7, 11) is -2.34. The van der Waals surface area contributed by atoms with E-state index in [-0.39, 0.29) is 48.1 Å². The topological polar surface area (TPSA) is 125 Å². The maximum atomic E-state index is 12.7. The van der Waals surface area contributed by atoms with Crippen LogP contribution in [-0.4, -0.2) is 80.9 Å². The van der Waals surface area contributed by atoms with Crippen LogP contribution in [0.4, 0.5) is 4.79 Å². The van der Waals surface area contributed by atoms with E-state index in [0.717, 1.165) is 15.6 Å². The highest BCUT2D eigenvalue weighted by atomic mass is 32.2. The fourth-order valence-electron chi connectivity index (χ4n) is 3.17. The van der Waals surface area contributed by atoms with E-state index in [1.165, 1.54) is 18.0 Å². The molecule has 0 saturated carbocycles. The molecule has 1 saturated heterocycles. The Morgan fingerprint density at radius 2 is 1.94 bits per heavy atom. The largest absolute Gasteiger partial charge is 0.444 e. The average Bonchev–Trinajstić information content (AvgIpc) is 3.25. The van der Waals surface area contributed by atoms with E-state index in [2.05, 4.69) is 10.6 Å². The quantitative estimate of drug-likeness (QED) is 0.531. The summed E-state index contributed by atoms with van der Waals surface area (Å²) in [6, 6.07) is 3.14. The number of hydrogen-bond acceptors (Lipinski definition) is 7. The molecule has 1 atom stereocenters. The Bertz CT molecular complexity index is 896. The van der Waals surface area contributed by atoms with Crippen LogP contribution in [0.25, 0.3) is 0 Å². The first-order chi connectivity index (χ1) is 14.9. The zero-order valence-corrected chi connectivity index (χ0v) is 20.6. The van der Waals surface area contributed by atoms with E-state index in [9.17, 15) is 22.8 Å². The highest BCUT2D eigenvalue weighted by Gasteiger charge is 2.31. The number of thiophene rings is 1. The van der Waals surface area contributed by atoms with Gasteiger partial charge in [0, 0.05) is 33.2 Å². The molecule has 0 spiro atoms. The third-order valence-corrected chi connectivity index (χ3v) is 7.93. The van der Waals surface area contributed by atoms with Gasteiger partial charge in [-0.05, 0) is 45.1 Å². The highest BCUT2D eigenvalue weighted by Crippen LogP contribution is 2.21. The van der Waals surface area contributed by atoms with Crippen LogP contribution in [0.2, 0.25) is 0 Å². The first-order valence-corrected chi connectivity index (χ1v) is 12.7. The van der Waals surface area contributed by atoms with Gasteiger partial charge in [0.05, 0.1) is 12.5 Å². The zero-order chi connectivity index (χ0) is 23.9. The van der Waals surface area contributed by atoms with E-state index < -0.39 is 21.7 Å². The van der Waals surface area contributed by atoms with Gasteiger partial charge in [-0.15, -0.1) is 11.3 Å². The molecule has 1 fully saturated rings.